The van der Waals surface area contributed by atoms with Crippen molar-refractivity contribution in [3.05, 3.63) is 35.9 Å². The molecule has 0 radical (unpaired) electrons. The van der Waals surface area contributed by atoms with Crippen LogP contribution in [0.2, 0.25) is 0 Å². The maximum atomic E-state index is 12.4. The minimum Gasteiger partial charge on any atom is -0.409 e. The van der Waals surface area contributed by atoms with Crippen LogP contribution in [0.3, 0.4) is 0 Å². The van der Waals surface area contributed by atoms with E-state index in [-0.39, 0.29) is 17.8 Å². The summed E-state index contributed by atoms with van der Waals surface area (Å²) in [6, 6.07) is 9.24. The molecule has 1 aliphatic rings. The normalized spacial score (nSPS) is 18.5. The topological polar surface area (TPSA) is 82.2 Å². The van der Waals surface area contributed by atoms with Gasteiger partial charge in [0.25, 0.3) is 5.91 Å². The fraction of sp³-hybridized carbons (Fsp3) is 0.467. The molecular weight excluding hydrogens is 268 g/mol. The van der Waals surface area contributed by atoms with Gasteiger partial charge in [0, 0.05) is 31.7 Å². The van der Waals surface area contributed by atoms with Crippen LogP contribution in [-0.2, 0) is 0 Å². The highest BCUT2D eigenvalue weighted by Gasteiger charge is 2.27. The Bertz CT molecular complexity index is 496. The molecule has 0 aromatic heterocycles. The molecule has 0 spiro atoms. The van der Waals surface area contributed by atoms with Gasteiger partial charge in [-0.3, -0.25) is 9.69 Å². The smallest absolute Gasteiger partial charge is 0.253 e. The lowest BCUT2D eigenvalue weighted by Crippen LogP contribution is -2.55. The van der Waals surface area contributed by atoms with E-state index < -0.39 is 0 Å². The summed E-state index contributed by atoms with van der Waals surface area (Å²) in [5.74, 6) is 0.299. The molecule has 6 heteroatoms. The van der Waals surface area contributed by atoms with Gasteiger partial charge in [-0.25, -0.2) is 0 Å². The molecule has 0 saturated carbocycles. The van der Waals surface area contributed by atoms with E-state index >= 15 is 0 Å². The molecular formula is C15H22N4O2. The maximum Gasteiger partial charge on any atom is 0.253 e. The Hall–Kier alpha value is -2.08. The number of oxime groups is 1. The Morgan fingerprint density at radius 3 is 2.43 bits per heavy atom. The Morgan fingerprint density at radius 1 is 1.29 bits per heavy atom. The third-order valence-corrected chi connectivity index (χ3v) is 3.91. The molecule has 21 heavy (non-hydrogen) atoms. The van der Waals surface area contributed by atoms with Gasteiger partial charge in [-0.05, 0) is 18.6 Å². The van der Waals surface area contributed by atoms with E-state index in [1.54, 1.807) is 0 Å². The first-order valence-electron chi connectivity index (χ1n) is 7.23. The van der Waals surface area contributed by atoms with Gasteiger partial charge in [0.15, 0.2) is 5.84 Å². The van der Waals surface area contributed by atoms with E-state index in [4.69, 9.17) is 10.9 Å². The van der Waals surface area contributed by atoms with Crippen LogP contribution in [0.25, 0.3) is 0 Å². The predicted molar refractivity (Wildman–Crippen MR) is 81.4 cm³/mol. The van der Waals surface area contributed by atoms with Gasteiger partial charge in [0.1, 0.15) is 0 Å². The van der Waals surface area contributed by atoms with E-state index in [1.165, 1.54) is 0 Å². The number of amides is 1. The highest BCUT2D eigenvalue weighted by molar-refractivity contribution is 5.94. The lowest BCUT2D eigenvalue weighted by Gasteiger charge is -2.38. The summed E-state index contributed by atoms with van der Waals surface area (Å²) >= 11 is 0. The van der Waals surface area contributed by atoms with Crippen molar-refractivity contribution >= 4 is 11.7 Å². The Labute approximate surface area is 124 Å². The summed E-state index contributed by atoms with van der Waals surface area (Å²) in [4.78, 5) is 16.4. The first-order chi connectivity index (χ1) is 10.2. The third-order valence-electron chi connectivity index (χ3n) is 3.91. The van der Waals surface area contributed by atoms with Crippen LogP contribution in [0.1, 0.15) is 23.7 Å². The maximum absolute atomic E-state index is 12.4. The molecule has 1 aromatic rings. The number of piperazine rings is 1. The van der Waals surface area contributed by atoms with Crippen molar-refractivity contribution in [3.8, 4) is 0 Å². The van der Waals surface area contributed by atoms with Gasteiger partial charge in [0.2, 0.25) is 0 Å². The van der Waals surface area contributed by atoms with E-state index in [0.717, 1.165) is 25.1 Å². The van der Waals surface area contributed by atoms with Crippen LogP contribution < -0.4 is 5.73 Å². The molecule has 1 atom stereocenters. The standard InChI is InChI=1S/C15H22N4O2/c1-2-13(14(16)17-21)18-8-10-19(11-9-18)15(20)12-6-4-3-5-7-12/h3-7,13,21H,2,8-11H2,1H3,(H2,16,17). The number of rotatable bonds is 4. The van der Waals surface area contributed by atoms with Crippen molar-refractivity contribution in [1.29, 1.82) is 0 Å². The molecule has 1 saturated heterocycles. The molecule has 0 bridgehead atoms. The van der Waals surface area contributed by atoms with Crippen molar-refractivity contribution in [1.82, 2.24) is 9.80 Å². The zero-order valence-electron chi connectivity index (χ0n) is 12.3. The summed E-state index contributed by atoms with van der Waals surface area (Å²) in [7, 11) is 0. The van der Waals surface area contributed by atoms with Gasteiger partial charge >= 0.3 is 0 Å². The first-order valence-corrected chi connectivity index (χ1v) is 7.23. The zero-order valence-corrected chi connectivity index (χ0v) is 12.3. The van der Waals surface area contributed by atoms with E-state index in [0.29, 0.717) is 13.1 Å². The summed E-state index contributed by atoms with van der Waals surface area (Å²) < 4.78 is 0. The average Bonchev–Trinajstić information content (AvgIpc) is 2.56. The minimum absolute atomic E-state index is 0.0621. The predicted octanol–water partition coefficient (Wildman–Crippen LogP) is 0.969. The number of amidine groups is 1. The molecule has 1 heterocycles. The number of benzene rings is 1. The number of hydrogen-bond acceptors (Lipinski definition) is 4. The van der Waals surface area contributed by atoms with Crippen LogP contribution in [0, 0.1) is 0 Å². The molecule has 114 valence electrons. The second kappa shape index (κ2) is 7.08. The van der Waals surface area contributed by atoms with E-state index in [1.807, 2.05) is 42.2 Å². The van der Waals surface area contributed by atoms with Crippen molar-refractivity contribution in [2.24, 2.45) is 10.9 Å². The van der Waals surface area contributed by atoms with Gasteiger partial charge in [-0.15, -0.1) is 0 Å². The van der Waals surface area contributed by atoms with Crippen molar-refractivity contribution in [2.45, 2.75) is 19.4 Å². The molecule has 6 nitrogen and oxygen atoms in total. The summed E-state index contributed by atoms with van der Waals surface area (Å²) in [5.41, 5.74) is 6.44. The molecule has 1 amide bonds. The fourth-order valence-corrected chi connectivity index (χ4v) is 2.72. The fourth-order valence-electron chi connectivity index (χ4n) is 2.72. The minimum atomic E-state index is -0.0658. The van der Waals surface area contributed by atoms with Crippen LogP contribution in [-0.4, -0.2) is 59.0 Å². The SMILES string of the molecule is CCC(C(N)=NO)N1CCN(C(=O)c2ccccc2)CC1. The van der Waals surface area contributed by atoms with Crippen molar-refractivity contribution < 1.29 is 10.0 Å². The highest BCUT2D eigenvalue weighted by atomic mass is 16.4. The lowest BCUT2D eigenvalue weighted by atomic mass is 10.1. The monoisotopic (exact) mass is 290 g/mol. The zero-order chi connectivity index (χ0) is 15.2. The van der Waals surface area contributed by atoms with Gasteiger partial charge in [-0.1, -0.05) is 30.3 Å². The molecule has 3 N–H and O–H groups in total. The average molecular weight is 290 g/mol. The summed E-state index contributed by atoms with van der Waals surface area (Å²) in [6.45, 7) is 4.77. The van der Waals surface area contributed by atoms with Gasteiger partial charge < -0.3 is 15.8 Å². The second-order valence-corrected chi connectivity index (χ2v) is 5.14. The lowest BCUT2D eigenvalue weighted by molar-refractivity contribution is 0.0608. The largest absolute Gasteiger partial charge is 0.409 e. The molecule has 1 aromatic carbocycles. The first kappa shape index (κ1) is 15.3. The summed E-state index contributed by atoms with van der Waals surface area (Å²) in [5, 5.41) is 11.9. The van der Waals surface area contributed by atoms with E-state index in [9.17, 15) is 4.79 Å². The Balaban J connectivity index is 1.96. The molecule has 1 fully saturated rings. The van der Waals surface area contributed by atoms with Crippen LogP contribution in [0.4, 0.5) is 0 Å². The highest BCUT2D eigenvalue weighted by Crippen LogP contribution is 2.12. The number of carbonyl (C=O) groups excluding carboxylic acids is 1. The molecule has 0 aliphatic carbocycles. The number of hydrogen-bond donors (Lipinski definition) is 2. The van der Waals surface area contributed by atoms with Crippen LogP contribution >= 0.6 is 0 Å². The Kier molecular flexibility index (Phi) is 5.16. The van der Waals surface area contributed by atoms with Crippen molar-refractivity contribution in [3.63, 3.8) is 0 Å². The summed E-state index contributed by atoms with van der Waals surface area (Å²) in [6.07, 6.45) is 0.780. The van der Waals surface area contributed by atoms with Crippen molar-refractivity contribution in [2.75, 3.05) is 26.2 Å². The number of carbonyl (C=O) groups is 1. The van der Waals surface area contributed by atoms with Crippen LogP contribution in [0.5, 0.6) is 0 Å². The Morgan fingerprint density at radius 2 is 1.90 bits per heavy atom. The van der Waals surface area contributed by atoms with E-state index in [2.05, 4.69) is 10.1 Å². The molecule has 2 rings (SSSR count). The number of nitrogens with zero attached hydrogens (tertiary/aromatic N) is 3. The molecule has 1 unspecified atom stereocenters. The quantitative estimate of drug-likeness (QED) is 0.375. The molecule has 1 aliphatic heterocycles. The van der Waals surface area contributed by atoms with Crippen LogP contribution in [0.15, 0.2) is 35.5 Å². The third kappa shape index (κ3) is 3.52. The van der Waals surface area contributed by atoms with Gasteiger partial charge in [-0.2, -0.15) is 0 Å². The number of nitrogens with two attached hydrogens (primary N) is 1. The second-order valence-electron chi connectivity index (χ2n) is 5.14. The van der Waals surface area contributed by atoms with Gasteiger partial charge in [0.05, 0.1) is 6.04 Å².